The molecule has 0 fully saturated rings. The largest absolute Gasteiger partial charge is 0.382 e. The Hall–Kier alpha value is -2.07. The molecular formula is C13H13N3O. The maximum atomic E-state index is 10.4. The summed E-state index contributed by atoms with van der Waals surface area (Å²) >= 11 is 0. The third-order valence-electron chi connectivity index (χ3n) is 3.06. The second kappa shape index (κ2) is 3.75. The Morgan fingerprint density at radius 3 is 3.00 bits per heavy atom. The van der Waals surface area contributed by atoms with Gasteiger partial charge in [-0.2, -0.15) is 0 Å². The SMILES string of the molecule is Cn1cncc1C(O)c1cccc2[nH]ccc12. The number of aryl methyl sites for hydroxylation is 1. The first kappa shape index (κ1) is 10.1. The molecule has 0 aliphatic heterocycles. The van der Waals surface area contributed by atoms with Gasteiger partial charge in [0.1, 0.15) is 6.10 Å². The van der Waals surface area contributed by atoms with E-state index < -0.39 is 6.10 Å². The highest BCUT2D eigenvalue weighted by molar-refractivity contribution is 5.83. The van der Waals surface area contributed by atoms with E-state index in [1.165, 1.54) is 0 Å². The summed E-state index contributed by atoms with van der Waals surface area (Å²) in [6.07, 6.45) is 4.61. The summed E-state index contributed by atoms with van der Waals surface area (Å²) in [6, 6.07) is 7.85. The molecular weight excluding hydrogens is 214 g/mol. The molecule has 1 aromatic carbocycles. The zero-order valence-electron chi connectivity index (χ0n) is 9.46. The Labute approximate surface area is 98.5 Å². The van der Waals surface area contributed by atoms with Crippen LogP contribution in [0.5, 0.6) is 0 Å². The average Bonchev–Trinajstić information content (AvgIpc) is 2.95. The molecule has 3 rings (SSSR count). The van der Waals surface area contributed by atoms with Crippen LogP contribution in [-0.2, 0) is 7.05 Å². The first-order valence-electron chi connectivity index (χ1n) is 5.47. The van der Waals surface area contributed by atoms with E-state index in [1.54, 1.807) is 12.5 Å². The molecule has 3 aromatic rings. The van der Waals surface area contributed by atoms with Crippen molar-refractivity contribution in [3.05, 3.63) is 54.2 Å². The van der Waals surface area contributed by atoms with Crippen molar-refractivity contribution >= 4 is 10.9 Å². The average molecular weight is 227 g/mol. The Morgan fingerprint density at radius 1 is 1.35 bits per heavy atom. The van der Waals surface area contributed by atoms with Crippen LogP contribution in [0.3, 0.4) is 0 Å². The van der Waals surface area contributed by atoms with E-state index in [0.29, 0.717) is 0 Å². The van der Waals surface area contributed by atoms with E-state index in [4.69, 9.17) is 0 Å². The minimum atomic E-state index is -0.651. The number of aromatic amines is 1. The second-order valence-electron chi connectivity index (χ2n) is 4.12. The molecule has 0 radical (unpaired) electrons. The number of nitrogens with zero attached hydrogens (tertiary/aromatic N) is 2. The molecule has 0 saturated carbocycles. The van der Waals surface area contributed by atoms with Crippen molar-refractivity contribution in [1.82, 2.24) is 14.5 Å². The molecule has 4 heteroatoms. The number of aliphatic hydroxyl groups is 1. The number of aromatic nitrogens is 3. The van der Waals surface area contributed by atoms with Gasteiger partial charge in [-0.05, 0) is 17.7 Å². The number of aliphatic hydroxyl groups excluding tert-OH is 1. The van der Waals surface area contributed by atoms with Gasteiger partial charge in [-0.25, -0.2) is 4.98 Å². The molecule has 0 saturated heterocycles. The first-order valence-corrected chi connectivity index (χ1v) is 5.47. The highest BCUT2D eigenvalue weighted by Crippen LogP contribution is 2.27. The van der Waals surface area contributed by atoms with E-state index in [2.05, 4.69) is 9.97 Å². The van der Waals surface area contributed by atoms with Gasteiger partial charge in [0.05, 0.1) is 18.2 Å². The topological polar surface area (TPSA) is 53.8 Å². The quantitative estimate of drug-likeness (QED) is 0.703. The molecule has 1 atom stereocenters. The van der Waals surface area contributed by atoms with Crippen LogP contribution in [0.25, 0.3) is 10.9 Å². The zero-order chi connectivity index (χ0) is 11.8. The third-order valence-corrected chi connectivity index (χ3v) is 3.06. The monoisotopic (exact) mass is 227 g/mol. The molecule has 0 bridgehead atoms. The number of hydrogen-bond acceptors (Lipinski definition) is 2. The van der Waals surface area contributed by atoms with E-state index in [-0.39, 0.29) is 0 Å². The number of benzene rings is 1. The first-order chi connectivity index (χ1) is 8.27. The highest BCUT2D eigenvalue weighted by Gasteiger charge is 2.16. The molecule has 1 unspecified atom stereocenters. The van der Waals surface area contributed by atoms with Crippen LogP contribution in [0.15, 0.2) is 43.0 Å². The van der Waals surface area contributed by atoms with Crippen LogP contribution in [0.1, 0.15) is 17.4 Å². The number of hydrogen-bond donors (Lipinski definition) is 2. The molecule has 2 N–H and O–H groups in total. The van der Waals surface area contributed by atoms with Crippen molar-refractivity contribution in [1.29, 1.82) is 0 Å². The van der Waals surface area contributed by atoms with Crippen LogP contribution in [-0.4, -0.2) is 19.6 Å². The van der Waals surface area contributed by atoms with Gasteiger partial charge < -0.3 is 14.7 Å². The van der Waals surface area contributed by atoms with Gasteiger partial charge in [-0.1, -0.05) is 12.1 Å². The van der Waals surface area contributed by atoms with Crippen molar-refractivity contribution < 1.29 is 5.11 Å². The Morgan fingerprint density at radius 2 is 2.24 bits per heavy atom. The van der Waals surface area contributed by atoms with Crippen LogP contribution < -0.4 is 0 Å². The molecule has 0 aliphatic carbocycles. The summed E-state index contributed by atoms with van der Waals surface area (Å²) in [6.45, 7) is 0. The number of nitrogens with one attached hydrogen (secondary N) is 1. The van der Waals surface area contributed by atoms with Crippen LogP contribution in [0, 0.1) is 0 Å². The van der Waals surface area contributed by atoms with E-state index in [9.17, 15) is 5.11 Å². The minimum Gasteiger partial charge on any atom is -0.382 e. The molecule has 2 heterocycles. The minimum absolute atomic E-state index is 0.651. The normalized spacial score (nSPS) is 13.1. The van der Waals surface area contributed by atoms with Crippen LogP contribution in [0.2, 0.25) is 0 Å². The number of fused-ring (bicyclic) bond motifs is 1. The van der Waals surface area contributed by atoms with Gasteiger partial charge in [0.2, 0.25) is 0 Å². The summed E-state index contributed by atoms with van der Waals surface area (Å²) < 4.78 is 1.83. The zero-order valence-corrected chi connectivity index (χ0v) is 9.46. The second-order valence-corrected chi connectivity index (χ2v) is 4.12. The van der Waals surface area contributed by atoms with Gasteiger partial charge in [0.25, 0.3) is 0 Å². The van der Waals surface area contributed by atoms with Crippen LogP contribution in [0.4, 0.5) is 0 Å². The van der Waals surface area contributed by atoms with Crippen molar-refractivity contribution in [3.63, 3.8) is 0 Å². The smallest absolute Gasteiger partial charge is 0.121 e. The van der Waals surface area contributed by atoms with Crippen molar-refractivity contribution in [2.45, 2.75) is 6.10 Å². The van der Waals surface area contributed by atoms with Crippen LogP contribution >= 0.6 is 0 Å². The lowest BCUT2D eigenvalue weighted by atomic mass is 10.0. The molecule has 17 heavy (non-hydrogen) atoms. The van der Waals surface area contributed by atoms with Crippen molar-refractivity contribution in [2.24, 2.45) is 7.05 Å². The Balaban J connectivity index is 2.15. The van der Waals surface area contributed by atoms with Gasteiger partial charge in [0.15, 0.2) is 0 Å². The number of H-pyrrole nitrogens is 1. The molecule has 0 spiro atoms. The predicted molar refractivity (Wildman–Crippen MR) is 65.6 cm³/mol. The highest BCUT2D eigenvalue weighted by atomic mass is 16.3. The fraction of sp³-hybridized carbons (Fsp3) is 0.154. The summed E-state index contributed by atoms with van der Waals surface area (Å²) in [5.41, 5.74) is 2.72. The summed E-state index contributed by atoms with van der Waals surface area (Å²) in [4.78, 5) is 7.17. The van der Waals surface area contributed by atoms with Gasteiger partial charge in [0, 0.05) is 24.1 Å². The Kier molecular flexibility index (Phi) is 2.23. The van der Waals surface area contributed by atoms with E-state index in [0.717, 1.165) is 22.2 Å². The summed E-state index contributed by atoms with van der Waals surface area (Å²) in [5.74, 6) is 0. The standard InChI is InChI=1S/C13H13N3O/c1-16-8-14-7-12(16)13(17)10-3-2-4-11-9(10)5-6-15-11/h2-8,13,15,17H,1H3. The summed E-state index contributed by atoms with van der Waals surface area (Å²) in [7, 11) is 1.88. The van der Waals surface area contributed by atoms with E-state index in [1.807, 2.05) is 42.1 Å². The fourth-order valence-electron chi connectivity index (χ4n) is 2.14. The molecule has 86 valence electrons. The summed E-state index contributed by atoms with van der Waals surface area (Å²) in [5, 5.41) is 11.4. The molecule has 0 amide bonds. The molecule has 2 aromatic heterocycles. The van der Waals surface area contributed by atoms with Crippen molar-refractivity contribution in [3.8, 4) is 0 Å². The van der Waals surface area contributed by atoms with Gasteiger partial charge >= 0.3 is 0 Å². The van der Waals surface area contributed by atoms with Crippen molar-refractivity contribution in [2.75, 3.05) is 0 Å². The maximum Gasteiger partial charge on any atom is 0.121 e. The molecule has 4 nitrogen and oxygen atoms in total. The molecule has 0 aliphatic rings. The fourth-order valence-corrected chi connectivity index (χ4v) is 2.14. The number of imidazole rings is 1. The van der Waals surface area contributed by atoms with Gasteiger partial charge in [-0.3, -0.25) is 0 Å². The lowest BCUT2D eigenvalue weighted by Gasteiger charge is -2.12. The number of rotatable bonds is 2. The maximum absolute atomic E-state index is 10.4. The lowest BCUT2D eigenvalue weighted by Crippen LogP contribution is -2.05. The predicted octanol–water partition coefficient (Wildman–Crippen LogP) is 1.98. The third kappa shape index (κ3) is 1.54. The Bertz CT molecular complexity index is 653. The lowest BCUT2D eigenvalue weighted by molar-refractivity contribution is 0.213. The van der Waals surface area contributed by atoms with Gasteiger partial charge in [-0.15, -0.1) is 0 Å². The van der Waals surface area contributed by atoms with E-state index >= 15 is 0 Å².